The molecule has 28 heavy (non-hydrogen) atoms. The Bertz CT molecular complexity index is 950. The number of carbonyl (C=O) groups is 1. The Kier molecular flexibility index (Phi) is 6.15. The van der Waals surface area contributed by atoms with Crippen LogP contribution in [0.1, 0.15) is 10.4 Å². The molecule has 0 aliphatic heterocycles. The highest BCUT2D eigenvalue weighted by atomic mass is 32.2. The highest BCUT2D eigenvalue weighted by Gasteiger charge is 2.18. The third-order valence-corrected chi connectivity index (χ3v) is 4.63. The third kappa shape index (κ3) is 4.25. The van der Waals surface area contributed by atoms with Crippen molar-refractivity contribution in [2.75, 3.05) is 27.1 Å². The van der Waals surface area contributed by atoms with Crippen LogP contribution in [0.2, 0.25) is 0 Å². The number of carbonyl (C=O) groups excluding carboxylic acids is 1. The van der Waals surface area contributed by atoms with Gasteiger partial charge in [-0.2, -0.15) is 0 Å². The summed E-state index contributed by atoms with van der Waals surface area (Å²) in [6.07, 6.45) is 0. The van der Waals surface area contributed by atoms with Crippen LogP contribution in [0.4, 0.5) is 4.39 Å². The lowest BCUT2D eigenvalue weighted by Crippen LogP contribution is -2.02. The fourth-order valence-electron chi connectivity index (χ4n) is 2.44. The number of methoxy groups -OCH3 is 3. The predicted octanol–water partition coefficient (Wildman–Crippen LogP) is 3.88. The van der Waals surface area contributed by atoms with E-state index in [-0.39, 0.29) is 22.6 Å². The quantitative estimate of drug-likeness (QED) is 0.413. The standard InChI is InChI=1S/C19H17FN2O5S/c1-24-15-8-12(9-16(25-2)17(15)26-3)18-21-22-19(27-18)28-10-14(23)11-4-6-13(20)7-5-11/h4-9H,10H2,1-3H3. The molecule has 3 aromatic rings. The molecule has 0 fully saturated rings. The number of ether oxygens (including phenoxy) is 3. The second kappa shape index (κ2) is 8.75. The maximum Gasteiger partial charge on any atom is 0.277 e. The maximum atomic E-state index is 12.9. The molecule has 0 bridgehead atoms. The Morgan fingerprint density at radius 1 is 1.04 bits per heavy atom. The molecule has 0 N–H and O–H groups in total. The second-order valence-electron chi connectivity index (χ2n) is 5.51. The van der Waals surface area contributed by atoms with E-state index in [9.17, 15) is 9.18 Å². The highest BCUT2D eigenvalue weighted by Crippen LogP contribution is 2.41. The predicted molar refractivity (Wildman–Crippen MR) is 101 cm³/mol. The molecule has 0 unspecified atom stereocenters. The summed E-state index contributed by atoms with van der Waals surface area (Å²) in [6, 6.07) is 8.74. The lowest BCUT2D eigenvalue weighted by Gasteiger charge is -2.12. The van der Waals surface area contributed by atoms with Gasteiger partial charge in [-0.1, -0.05) is 11.8 Å². The number of aromatic nitrogens is 2. The summed E-state index contributed by atoms with van der Waals surface area (Å²) < 4.78 is 34.5. The molecule has 3 rings (SSSR count). The van der Waals surface area contributed by atoms with Crippen LogP contribution in [0, 0.1) is 5.82 Å². The van der Waals surface area contributed by atoms with Crippen LogP contribution in [0.5, 0.6) is 17.2 Å². The number of nitrogens with zero attached hydrogens (tertiary/aromatic N) is 2. The number of thioether (sulfide) groups is 1. The Labute approximate surface area is 164 Å². The molecule has 0 saturated heterocycles. The SMILES string of the molecule is COc1cc(-c2nnc(SCC(=O)c3ccc(F)cc3)o2)cc(OC)c1OC. The minimum atomic E-state index is -0.393. The summed E-state index contributed by atoms with van der Waals surface area (Å²) >= 11 is 1.10. The van der Waals surface area contributed by atoms with Crippen molar-refractivity contribution in [3.63, 3.8) is 0 Å². The van der Waals surface area contributed by atoms with Crippen LogP contribution >= 0.6 is 11.8 Å². The van der Waals surface area contributed by atoms with Crippen molar-refractivity contribution < 1.29 is 27.8 Å². The van der Waals surface area contributed by atoms with Crippen LogP contribution in [-0.2, 0) is 0 Å². The number of Topliss-reactive ketones (excluding diaryl/α,β-unsaturated/α-hetero) is 1. The summed E-state index contributed by atoms with van der Waals surface area (Å²) in [5.74, 6) is 1.13. The van der Waals surface area contributed by atoms with E-state index < -0.39 is 5.82 Å². The molecule has 1 heterocycles. The van der Waals surface area contributed by atoms with Crippen molar-refractivity contribution in [1.82, 2.24) is 10.2 Å². The van der Waals surface area contributed by atoms with E-state index in [0.29, 0.717) is 28.4 Å². The lowest BCUT2D eigenvalue weighted by atomic mass is 10.1. The van der Waals surface area contributed by atoms with Crippen molar-refractivity contribution in [2.24, 2.45) is 0 Å². The molecule has 0 aliphatic carbocycles. The van der Waals surface area contributed by atoms with Gasteiger partial charge < -0.3 is 18.6 Å². The molecular weight excluding hydrogens is 387 g/mol. The Morgan fingerprint density at radius 3 is 2.25 bits per heavy atom. The van der Waals surface area contributed by atoms with Crippen LogP contribution in [0.3, 0.4) is 0 Å². The van der Waals surface area contributed by atoms with Crippen molar-refractivity contribution >= 4 is 17.5 Å². The number of rotatable bonds is 8. The number of hydrogen-bond acceptors (Lipinski definition) is 8. The maximum absolute atomic E-state index is 12.9. The van der Waals surface area contributed by atoms with E-state index in [1.54, 1.807) is 12.1 Å². The number of ketones is 1. The van der Waals surface area contributed by atoms with Crippen LogP contribution < -0.4 is 14.2 Å². The smallest absolute Gasteiger partial charge is 0.277 e. The summed E-state index contributed by atoms with van der Waals surface area (Å²) in [6.45, 7) is 0. The Hall–Kier alpha value is -3.07. The topological polar surface area (TPSA) is 83.7 Å². The first kappa shape index (κ1) is 19.7. The van der Waals surface area contributed by atoms with E-state index in [0.717, 1.165) is 11.8 Å². The van der Waals surface area contributed by atoms with Gasteiger partial charge >= 0.3 is 0 Å². The van der Waals surface area contributed by atoms with E-state index in [4.69, 9.17) is 18.6 Å². The zero-order chi connectivity index (χ0) is 20.1. The van der Waals surface area contributed by atoms with Crippen molar-refractivity contribution in [1.29, 1.82) is 0 Å². The molecule has 0 spiro atoms. The van der Waals surface area contributed by atoms with Crippen molar-refractivity contribution in [3.05, 3.63) is 47.8 Å². The summed E-state index contributed by atoms with van der Waals surface area (Å²) in [5.41, 5.74) is 0.997. The summed E-state index contributed by atoms with van der Waals surface area (Å²) in [7, 11) is 4.54. The molecule has 9 heteroatoms. The average molecular weight is 404 g/mol. The van der Waals surface area contributed by atoms with Crippen LogP contribution in [-0.4, -0.2) is 43.1 Å². The van der Waals surface area contributed by atoms with Crippen LogP contribution in [0.15, 0.2) is 46.0 Å². The normalized spacial score (nSPS) is 10.6. The minimum Gasteiger partial charge on any atom is -0.493 e. The monoisotopic (exact) mass is 404 g/mol. The molecular formula is C19H17FN2O5S. The summed E-state index contributed by atoms with van der Waals surface area (Å²) in [5, 5.41) is 8.19. The summed E-state index contributed by atoms with van der Waals surface area (Å²) in [4.78, 5) is 12.2. The first-order valence-corrected chi connectivity index (χ1v) is 9.09. The molecule has 1 aromatic heterocycles. The molecule has 0 saturated carbocycles. The van der Waals surface area contributed by atoms with E-state index in [1.807, 2.05) is 0 Å². The van der Waals surface area contributed by atoms with Gasteiger partial charge in [0, 0.05) is 11.1 Å². The van der Waals surface area contributed by atoms with Crippen molar-refractivity contribution in [2.45, 2.75) is 5.22 Å². The molecule has 0 aliphatic rings. The molecule has 0 radical (unpaired) electrons. The lowest BCUT2D eigenvalue weighted by molar-refractivity contribution is 0.102. The van der Waals surface area contributed by atoms with Gasteiger partial charge in [0.05, 0.1) is 27.1 Å². The van der Waals surface area contributed by atoms with Gasteiger partial charge in [-0.25, -0.2) is 4.39 Å². The highest BCUT2D eigenvalue weighted by molar-refractivity contribution is 7.99. The van der Waals surface area contributed by atoms with Crippen molar-refractivity contribution in [3.8, 4) is 28.7 Å². The number of halogens is 1. The first-order chi connectivity index (χ1) is 13.5. The van der Waals surface area contributed by atoms with Gasteiger partial charge in [0.15, 0.2) is 17.3 Å². The largest absolute Gasteiger partial charge is 0.493 e. The number of benzene rings is 2. The van der Waals surface area contributed by atoms with Gasteiger partial charge in [-0.3, -0.25) is 4.79 Å². The van der Waals surface area contributed by atoms with E-state index in [2.05, 4.69) is 10.2 Å². The van der Waals surface area contributed by atoms with Gasteiger partial charge in [0.1, 0.15) is 5.82 Å². The van der Waals surface area contributed by atoms with Gasteiger partial charge in [0.25, 0.3) is 5.22 Å². The van der Waals surface area contributed by atoms with E-state index in [1.165, 1.54) is 45.6 Å². The van der Waals surface area contributed by atoms with Gasteiger partial charge in [0.2, 0.25) is 11.6 Å². The molecule has 7 nitrogen and oxygen atoms in total. The van der Waals surface area contributed by atoms with E-state index >= 15 is 0 Å². The molecule has 0 amide bonds. The Balaban J connectivity index is 1.75. The molecule has 0 atom stereocenters. The third-order valence-electron chi connectivity index (χ3n) is 3.81. The Morgan fingerprint density at radius 2 is 1.68 bits per heavy atom. The van der Waals surface area contributed by atoms with Crippen LogP contribution in [0.25, 0.3) is 11.5 Å². The minimum absolute atomic E-state index is 0.0858. The number of hydrogen-bond donors (Lipinski definition) is 0. The zero-order valence-electron chi connectivity index (χ0n) is 15.4. The fraction of sp³-hybridized carbons (Fsp3) is 0.211. The zero-order valence-corrected chi connectivity index (χ0v) is 16.2. The van der Waals surface area contributed by atoms with Gasteiger partial charge in [-0.15, -0.1) is 10.2 Å². The second-order valence-corrected chi connectivity index (χ2v) is 6.43. The molecule has 146 valence electrons. The fourth-order valence-corrected chi connectivity index (χ4v) is 3.09. The van der Waals surface area contributed by atoms with Gasteiger partial charge in [-0.05, 0) is 36.4 Å². The first-order valence-electron chi connectivity index (χ1n) is 8.11. The molecule has 2 aromatic carbocycles. The average Bonchev–Trinajstić information content (AvgIpc) is 3.20.